The van der Waals surface area contributed by atoms with Crippen molar-refractivity contribution < 1.29 is 18.9 Å². The quantitative estimate of drug-likeness (QED) is 0.650. The van der Waals surface area contributed by atoms with Crippen LogP contribution in [0.25, 0.3) is 6.08 Å². The minimum Gasteiger partial charge on any atom is -0.493 e. The molecule has 5 nitrogen and oxygen atoms in total. The summed E-state index contributed by atoms with van der Waals surface area (Å²) in [4.78, 5) is 4.37. The summed E-state index contributed by atoms with van der Waals surface area (Å²) in [6.07, 6.45) is 3.29. The molecule has 0 radical (unpaired) electrons. The van der Waals surface area contributed by atoms with Gasteiger partial charge in [-0.2, -0.15) is 0 Å². The van der Waals surface area contributed by atoms with E-state index in [-0.39, 0.29) is 0 Å². The van der Waals surface area contributed by atoms with Crippen LogP contribution in [0.1, 0.15) is 11.1 Å². The fourth-order valence-corrected chi connectivity index (χ4v) is 3.23. The van der Waals surface area contributed by atoms with Crippen molar-refractivity contribution in [2.75, 3.05) is 28.4 Å². The Bertz CT molecular complexity index is 726. The maximum atomic E-state index is 5.59. The number of aryl methyl sites for hydroxylation is 1. The predicted octanol–water partition coefficient (Wildman–Crippen LogP) is 4.46. The topological polar surface area (TPSA) is 49.3 Å². The molecule has 1 unspecified atom stereocenters. The first-order valence-electron chi connectivity index (χ1n) is 7.11. The van der Waals surface area contributed by atoms with E-state index in [1.807, 2.05) is 19.1 Å². The third kappa shape index (κ3) is 3.53. The molecule has 1 atom stereocenters. The average Bonchev–Trinajstić information content (AvgIpc) is 2.59. The summed E-state index contributed by atoms with van der Waals surface area (Å²) in [7, 11) is 6.41. The van der Waals surface area contributed by atoms with Crippen LogP contribution in [0.4, 0.5) is 0 Å². The van der Waals surface area contributed by atoms with Gasteiger partial charge in [-0.1, -0.05) is 0 Å². The summed E-state index contributed by atoms with van der Waals surface area (Å²) >= 11 is 7.07. The standard InChI is InChI=1S/C17H19Br2NO4/c1-9-6-13(21-2)16(23-4)15(22-3)10(9)7-11-14(19)12(18)8-20-17(11)24-5/h6-8,17H,1-5H3. The third-order valence-electron chi connectivity index (χ3n) is 3.65. The summed E-state index contributed by atoms with van der Waals surface area (Å²) in [5, 5.41) is 0. The second kappa shape index (κ2) is 8.18. The van der Waals surface area contributed by atoms with Gasteiger partial charge in [-0.3, -0.25) is 4.99 Å². The normalized spacial score (nSPS) is 19.0. The van der Waals surface area contributed by atoms with E-state index in [1.54, 1.807) is 34.7 Å². The van der Waals surface area contributed by atoms with Crippen molar-refractivity contribution in [3.63, 3.8) is 0 Å². The monoisotopic (exact) mass is 459 g/mol. The van der Waals surface area contributed by atoms with Gasteiger partial charge in [0.05, 0.1) is 25.8 Å². The van der Waals surface area contributed by atoms with Gasteiger partial charge in [0.15, 0.2) is 17.7 Å². The molecule has 0 aromatic heterocycles. The van der Waals surface area contributed by atoms with Gasteiger partial charge in [-0.05, 0) is 56.5 Å². The van der Waals surface area contributed by atoms with Gasteiger partial charge in [0.2, 0.25) is 5.75 Å². The number of nitrogens with zero attached hydrogens (tertiary/aromatic N) is 1. The van der Waals surface area contributed by atoms with Gasteiger partial charge in [0.25, 0.3) is 0 Å². The number of aliphatic imine (C=N–C) groups is 1. The summed E-state index contributed by atoms with van der Waals surface area (Å²) in [6.45, 7) is 1.98. The number of ether oxygens (including phenoxy) is 4. The zero-order chi connectivity index (χ0) is 17.9. The van der Waals surface area contributed by atoms with Crippen LogP contribution < -0.4 is 14.2 Å². The van der Waals surface area contributed by atoms with E-state index in [4.69, 9.17) is 18.9 Å². The van der Waals surface area contributed by atoms with Crippen molar-refractivity contribution in [2.45, 2.75) is 13.2 Å². The second-order valence-corrected chi connectivity index (χ2v) is 6.65. The number of rotatable bonds is 5. The molecule has 1 aliphatic rings. The lowest BCUT2D eigenvalue weighted by atomic mass is 10.0. The summed E-state index contributed by atoms with van der Waals surface area (Å²) in [5.74, 6) is 1.77. The van der Waals surface area contributed by atoms with E-state index in [2.05, 4.69) is 36.9 Å². The summed E-state index contributed by atoms with van der Waals surface area (Å²) in [5.41, 5.74) is 2.74. The third-order valence-corrected chi connectivity index (χ3v) is 5.67. The van der Waals surface area contributed by atoms with E-state index < -0.39 is 6.23 Å². The van der Waals surface area contributed by atoms with E-state index in [0.717, 1.165) is 25.7 Å². The van der Waals surface area contributed by atoms with Crippen LogP contribution in [0.5, 0.6) is 17.2 Å². The van der Waals surface area contributed by atoms with Gasteiger partial charge < -0.3 is 18.9 Å². The molecule has 1 aromatic rings. The highest BCUT2D eigenvalue weighted by molar-refractivity contribution is 9.14. The van der Waals surface area contributed by atoms with Gasteiger partial charge in [0.1, 0.15) is 0 Å². The van der Waals surface area contributed by atoms with Crippen LogP contribution in [-0.2, 0) is 4.74 Å². The Morgan fingerprint density at radius 3 is 2.25 bits per heavy atom. The molecule has 1 aromatic carbocycles. The van der Waals surface area contributed by atoms with Crippen molar-refractivity contribution in [1.29, 1.82) is 0 Å². The lowest BCUT2D eigenvalue weighted by Crippen LogP contribution is -2.15. The fourth-order valence-electron chi connectivity index (χ4n) is 2.47. The van der Waals surface area contributed by atoms with Crippen molar-refractivity contribution >= 4 is 44.2 Å². The SMILES string of the molecule is COc1cc(C)c(C=C2C(Br)=C(Br)C=NC2OC)c(OC)c1OC. The zero-order valence-electron chi connectivity index (χ0n) is 14.1. The number of dihydropyridines is 1. The summed E-state index contributed by atoms with van der Waals surface area (Å²) < 4.78 is 23.6. The molecule has 1 heterocycles. The highest BCUT2D eigenvalue weighted by Crippen LogP contribution is 2.44. The smallest absolute Gasteiger partial charge is 0.203 e. The first-order valence-corrected chi connectivity index (χ1v) is 8.69. The summed E-state index contributed by atoms with van der Waals surface area (Å²) in [6, 6.07) is 1.91. The van der Waals surface area contributed by atoms with Crippen molar-refractivity contribution in [1.82, 2.24) is 0 Å². The Morgan fingerprint density at radius 2 is 1.71 bits per heavy atom. The van der Waals surface area contributed by atoms with Gasteiger partial charge in [-0.25, -0.2) is 0 Å². The molecule has 0 spiro atoms. The average molecular weight is 461 g/mol. The maximum Gasteiger partial charge on any atom is 0.203 e. The van der Waals surface area contributed by atoms with Crippen LogP contribution >= 0.6 is 31.9 Å². The van der Waals surface area contributed by atoms with Crippen LogP contribution in [0.2, 0.25) is 0 Å². The molecule has 0 amide bonds. The first-order chi connectivity index (χ1) is 11.5. The molecule has 0 saturated carbocycles. The Kier molecular flexibility index (Phi) is 6.48. The van der Waals surface area contributed by atoms with Crippen molar-refractivity contribution in [2.24, 2.45) is 4.99 Å². The van der Waals surface area contributed by atoms with Gasteiger partial charge in [-0.15, -0.1) is 0 Å². The zero-order valence-corrected chi connectivity index (χ0v) is 17.3. The van der Waals surface area contributed by atoms with E-state index >= 15 is 0 Å². The Morgan fingerprint density at radius 1 is 1.04 bits per heavy atom. The van der Waals surface area contributed by atoms with Crippen molar-refractivity contribution in [3.05, 3.63) is 31.7 Å². The molecule has 0 N–H and O–H groups in total. The Hall–Kier alpha value is -1.31. The van der Waals surface area contributed by atoms with E-state index in [0.29, 0.717) is 17.2 Å². The maximum absolute atomic E-state index is 5.59. The molecule has 130 valence electrons. The molecule has 0 saturated heterocycles. The lowest BCUT2D eigenvalue weighted by Gasteiger charge is -2.21. The van der Waals surface area contributed by atoms with E-state index in [1.165, 1.54) is 0 Å². The van der Waals surface area contributed by atoms with Crippen LogP contribution in [-0.4, -0.2) is 40.9 Å². The number of allylic oxidation sites excluding steroid dienone is 1. The van der Waals surface area contributed by atoms with Crippen LogP contribution in [0, 0.1) is 6.92 Å². The fraction of sp³-hybridized carbons (Fsp3) is 0.353. The van der Waals surface area contributed by atoms with E-state index in [9.17, 15) is 0 Å². The van der Waals surface area contributed by atoms with Crippen LogP contribution in [0.3, 0.4) is 0 Å². The van der Waals surface area contributed by atoms with Crippen molar-refractivity contribution in [3.8, 4) is 17.2 Å². The van der Waals surface area contributed by atoms with Crippen LogP contribution in [0.15, 0.2) is 25.6 Å². The minimum atomic E-state index is -0.405. The molecule has 24 heavy (non-hydrogen) atoms. The lowest BCUT2D eigenvalue weighted by molar-refractivity contribution is 0.142. The van der Waals surface area contributed by atoms with Gasteiger partial charge in [0, 0.05) is 28.9 Å². The minimum absolute atomic E-state index is 0.405. The molecule has 0 fully saturated rings. The molecule has 1 aliphatic heterocycles. The highest BCUT2D eigenvalue weighted by atomic mass is 79.9. The molecular weight excluding hydrogens is 442 g/mol. The largest absolute Gasteiger partial charge is 0.493 e. The molecule has 2 rings (SSSR count). The number of hydrogen-bond acceptors (Lipinski definition) is 5. The number of hydrogen-bond donors (Lipinski definition) is 0. The number of benzene rings is 1. The number of halogens is 2. The molecular formula is C17H19Br2NO4. The first kappa shape index (κ1) is 19.0. The van der Waals surface area contributed by atoms with Gasteiger partial charge >= 0.3 is 0 Å². The Labute approximate surface area is 158 Å². The molecule has 0 bridgehead atoms. The highest BCUT2D eigenvalue weighted by Gasteiger charge is 2.24. The predicted molar refractivity (Wildman–Crippen MR) is 103 cm³/mol. The Balaban J connectivity index is 2.70. The number of methoxy groups -OCH3 is 4. The molecule has 7 heteroatoms. The molecule has 0 aliphatic carbocycles. The second-order valence-electron chi connectivity index (χ2n) is 5.00.